The van der Waals surface area contributed by atoms with E-state index >= 15 is 0 Å². The molecule has 0 aromatic carbocycles. The molecule has 2 heterocycles. The van der Waals surface area contributed by atoms with Crippen molar-refractivity contribution in [3.63, 3.8) is 0 Å². The first-order valence-corrected chi connectivity index (χ1v) is 5.91. The van der Waals surface area contributed by atoms with E-state index in [2.05, 4.69) is 15.2 Å². The Balaban J connectivity index is 1.96. The summed E-state index contributed by atoms with van der Waals surface area (Å²) in [7, 11) is 0. The van der Waals surface area contributed by atoms with E-state index in [1.54, 1.807) is 6.07 Å². The van der Waals surface area contributed by atoms with Crippen LogP contribution in [0, 0.1) is 0 Å². The van der Waals surface area contributed by atoms with Crippen LogP contribution in [0.15, 0.2) is 27.8 Å². The number of rotatable bonds is 4. The predicted molar refractivity (Wildman–Crippen MR) is 61.0 cm³/mol. The van der Waals surface area contributed by atoms with Gasteiger partial charge < -0.3 is 10.2 Å². The average Bonchev–Trinajstić information content (AvgIpc) is 2.74. The minimum atomic E-state index is 0.253. The molecule has 2 N–H and O–H groups in total. The third kappa shape index (κ3) is 2.94. The molecule has 0 aliphatic carbocycles. The molecule has 0 radical (unpaired) electrons. The van der Waals surface area contributed by atoms with Gasteiger partial charge in [-0.2, -0.15) is 0 Å². The summed E-state index contributed by atoms with van der Waals surface area (Å²) in [5, 5.41) is 8.55. The Hall–Kier alpha value is -1.11. The van der Waals surface area contributed by atoms with Gasteiger partial charge in [0, 0.05) is 5.75 Å². The molecule has 84 valence electrons. The van der Waals surface area contributed by atoms with Crippen LogP contribution in [-0.2, 0) is 12.3 Å². The average molecular weight is 257 g/mol. The van der Waals surface area contributed by atoms with Crippen molar-refractivity contribution in [1.29, 1.82) is 0 Å². The van der Waals surface area contributed by atoms with Gasteiger partial charge in [0.2, 0.25) is 5.89 Å². The Morgan fingerprint density at radius 2 is 2.25 bits per heavy atom. The van der Waals surface area contributed by atoms with Crippen molar-refractivity contribution in [3.05, 3.63) is 34.9 Å². The Morgan fingerprint density at radius 3 is 2.94 bits per heavy atom. The number of pyridine rings is 1. The number of nitrogens with two attached hydrogens (primary N) is 1. The first kappa shape index (κ1) is 11.4. The quantitative estimate of drug-likeness (QED) is 0.665. The van der Waals surface area contributed by atoms with E-state index in [1.807, 2.05) is 12.1 Å². The van der Waals surface area contributed by atoms with Crippen LogP contribution in [-0.4, -0.2) is 15.2 Å². The highest BCUT2D eigenvalue weighted by atomic mass is 35.5. The molecule has 0 saturated heterocycles. The highest BCUT2D eigenvalue weighted by Gasteiger charge is 2.05. The van der Waals surface area contributed by atoms with E-state index in [0.29, 0.717) is 22.0 Å². The second-order valence-electron chi connectivity index (χ2n) is 2.91. The summed E-state index contributed by atoms with van der Waals surface area (Å²) in [4.78, 5) is 4.15. The standard InChI is InChI=1S/C9H9ClN4OS/c10-7-3-1-2-6(12-7)5-16-9-14-13-8(4-11)15-9/h1-3H,4-5,11H2. The lowest BCUT2D eigenvalue weighted by Crippen LogP contribution is -1.95. The van der Waals surface area contributed by atoms with Crippen LogP contribution in [0.4, 0.5) is 0 Å². The van der Waals surface area contributed by atoms with Gasteiger partial charge in [-0.25, -0.2) is 4.98 Å². The van der Waals surface area contributed by atoms with Crippen molar-refractivity contribution in [2.24, 2.45) is 5.73 Å². The largest absolute Gasteiger partial charge is 0.415 e. The van der Waals surface area contributed by atoms with Gasteiger partial charge in [-0.1, -0.05) is 29.4 Å². The molecule has 7 heteroatoms. The maximum Gasteiger partial charge on any atom is 0.277 e. The minimum Gasteiger partial charge on any atom is -0.415 e. The molecular formula is C9H9ClN4OS. The van der Waals surface area contributed by atoms with Crippen LogP contribution >= 0.6 is 23.4 Å². The molecular weight excluding hydrogens is 248 g/mol. The van der Waals surface area contributed by atoms with Crippen molar-refractivity contribution in [1.82, 2.24) is 15.2 Å². The summed E-state index contributed by atoms with van der Waals surface area (Å²) in [6.07, 6.45) is 0. The third-order valence-electron chi connectivity index (χ3n) is 1.74. The van der Waals surface area contributed by atoms with E-state index in [1.165, 1.54) is 11.8 Å². The Bertz CT molecular complexity index is 476. The molecule has 0 unspecified atom stereocenters. The van der Waals surface area contributed by atoms with Crippen molar-refractivity contribution >= 4 is 23.4 Å². The van der Waals surface area contributed by atoms with Gasteiger partial charge >= 0.3 is 0 Å². The number of thioether (sulfide) groups is 1. The third-order valence-corrected chi connectivity index (χ3v) is 2.80. The van der Waals surface area contributed by atoms with Gasteiger partial charge in [-0.3, -0.25) is 0 Å². The maximum atomic E-state index is 5.76. The lowest BCUT2D eigenvalue weighted by molar-refractivity contribution is 0.414. The first-order chi connectivity index (χ1) is 7.78. The molecule has 2 aromatic heterocycles. The predicted octanol–water partition coefficient (Wildman–Crippen LogP) is 1.87. The van der Waals surface area contributed by atoms with Crippen LogP contribution in [0.2, 0.25) is 5.15 Å². The van der Waals surface area contributed by atoms with Gasteiger partial charge in [0.1, 0.15) is 5.15 Å². The molecule has 5 nitrogen and oxygen atoms in total. The highest BCUT2D eigenvalue weighted by molar-refractivity contribution is 7.98. The molecule has 16 heavy (non-hydrogen) atoms. The Labute approximate surface area is 101 Å². The molecule has 2 rings (SSSR count). The van der Waals surface area contributed by atoms with Gasteiger partial charge in [0.15, 0.2) is 0 Å². The van der Waals surface area contributed by atoms with Crippen molar-refractivity contribution in [2.75, 3.05) is 0 Å². The van der Waals surface area contributed by atoms with E-state index < -0.39 is 0 Å². The van der Waals surface area contributed by atoms with Gasteiger partial charge in [0.05, 0.1) is 12.2 Å². The number of hydrogen-bond acceptors (Lipinski definition) is 6. The molecule has 0 saturated carbocycles. The fourth-order valence-electron chi connectivity index (χ4n) is 1.05. The monoisotopic (exact) mass is 256 g/mol. The first-order valence-electron chi connectivity index (χ1n) is 4.54. The van der Waals surface area contributed by atoms with Crippen molar-refractivity contribution in [2.45, 2.75) is 17.5 Å². The number of aromatic nitrogens is 3. The van der Waals surface area contributed by atoms with Crippen LogP contribution in [0.1, 0.15) is 11.6 Å². The lowest BCUT2D eigenvalue weighted by atomic mass is 10.4. The van der Waals surface area contributed by atoms with Crippen LogP contribution in [0.3, 0.4) is 0 Å². The summed E-state index contributed by atoms with van der Waals surface area (Å²) in [5.74, 6) is 1.06. The van der Waals surface area contributed by atoms with Gasteiger partial charge in [0.25, 0.3) is 5.22 Å². The second kappa shape index (κ2) is 5.29. The van der Waals surface area contributed by atoms with Crippen LogP contribution < -0.4 is 5.73 Å². The van der Waals surface area contributed by atoms with Crippen molar-refractivity contribution in [3.8, 4) is 0 Å². The fraction of sp³-hybridized carbons (Fsp3) is 0.222. The number of nitrogens with zero attached hydrogens (tertiary/aromatic N) is 3. The Morgan fingerprint density at radius 1 is 1.38 bits per heavy atom. The minimum absolute atomic E-state index is 0.253. The second-order valence-corrected chi connectivity index (χ2v) is 4.22. The molecule has 0 aliphatic rings. The summed E-state index contributed by atoms with van der Waals surface area (Å²) in [6, 6.07) is 5.47. The fourth-order valence-corrected chi connectivity index (χ4v) is 1.91. The zero-order valence-corrected chi connectivity index (χ0v) is 9.83. The molecule has 0 spiro atoms. The zero-order chi connectivity index (χ0) is 11.4. The topological polar surface area (TPSA) is 77.8 Å². The highest BCUT2D eigenvalue weighted by Crippen LogP contribution is 2.20. The van der Waals surface area contributed by atoms with Crippen LogP contribution in [0.25, 0.3) is 0 Å². The lowest BCUT2D eigenvalue weighted by Gasteiger charge is -1.97. The number of hydrogen-bond donors (Lipinski definition) is 1. The Kier molecular flexibility index (Phi) is 3.76. The summed E-state index contributed by atoms with van der Waals surface area (Å²) < 4.78 is 5.24. The SMILES string of the molecule is NCc1nnc(SCc2cccc(Cl)n2)o1. The summed E-state index contributed by atoms with van der Waals surface area (Å²) >= 11 is 7.17. The van der Waals surface area contributed by atoms with E-state index in [-0.39, 0.29) is 6.54 Å². The van der Waals surface area contributed by atoms with E-state index in [0.717, 1.165) is 5.69 Å². The van der Waals surface area contributed by atoms with E-state index in [9.17, 15) is 0 Å². The van der Waals surface area contributed by atoms with Gasteiger partial charge in [-0.05, 0) is 12.1 Å². The smallest absolute Gasteiger partial charge is 0.277 e. The maximum absolute atomic E-state index is 5.76. The molecule has 0 aliphatic heterocycles. The normalized spacial score (nSPS) is 10.6. The van der Waals surface area contributed by atoms with Crippen LogP contribution in [0.5, 0.6) is 0 Å². The summed E-state index contributed by atoms with van der Waals surface area (Å²) in [5.41, 5.74) is 6.22. The number of halogens is 1. The zero-order valence-electron chi connectivity index (χ0n) is 8.26. The van der Waals surface area contributed by atoms with E-state index in [4.69, 9.17) is 21.8 Å². The molecule has 0 atom stereocenters. The van der Waals surface area contributed by atoms with Gasteiger partial charge in [-0.15, -0.1) is 10.2 Å². The molecule has 0 amide bonds. The molecule has 2 aromatic rings. The summed E-state index contributed by atoms with van der Waals surface area (Å²) in [6.45, 7) is 0.253. The molecule has 0 bridgehead atoms. The molecule has 0 fully saturated rings. The van der Waals surface area contributed by atoms with Crippen molar-refractivity contribution < 1.29 is 4.42 Å².